The molecule has 0 radical (unpaired) electrons. The molecule has 2 aromatic carbocycles. The standard InChI is InChI=1S/C18H18ClN3OS/c1-11(2)13-5-3-4-6-14(13)20-17(23)10-24-18-21-15-8-7-12(19)9-16(15)22-18/h3-9,11H,10H2,1-2H3,(H,20,23)(H,21,22). The number of nitrogens with one attached hydrogen (secondary N) is 2. The van der Waals surface area contributed by atoms with E-state index < -0.39 is 0 Å². The number of hydrogen-bond donors (Lipinski definition) is 2. The van der Waals surface area contributed by atoms with Gasteiger partial charge >= 0.3 is 0 Å². The van der Waals surface area contributed by atoms with Gasteiger partial charge in [0.05, 0.1) is 16.8 Å². The summed E-state index contributed by atoms with van der Waals surface area (Å²) in [6.07, 6.45) is 0. The Balaban J connectivity index is 1.65. The summed E-state index contributed by atoms with van der Waals surface area (Å²) in [6.45, 7) is 4.22. The molecule has 4 nitrogen and oxygen atoms in total. The lowest BCUT2D eigenvalue weighted by atomic mass is 10.0. The van der Waals surface area contributed by atoms with Gasteiger partial charge in [-0.05, 0) is 35.7 Å². The number of H-pyrrole nitrogens is 1. The minimum absolute atomic E-state index is 0.0495. The van der Waals surface area contributed by atoms with Crippen LogP contribution in [0.2, 0.25) is 5.02 Å². The molecule has 0 bridgehead atoms. The fraction of sp³-hybridized carbons (Fsp3) is 0.222. The quantitative estimate of drug-likeness (QED) is 0.625. The van der Waals surface area contributed by atoms with Crippen molar-refractivity contribution in [2.75, 3.05) is 11.1 Å². The predicted molar refractivity (Wildman–Crippen MR) is 101 cm³/mol. The van der Waals surface area contributed by atoms with Crippen molar-refractivity contribution in [3.63, 3.8) is 0 Å². The molecule has 0 aliphatic rings. The molecule has 0 fully saturated rings. The summed E-state index contributed by atoms with van der Waals surface area (Å²) >= 11 is 7.34. The van der Waals surface area contributed by atoms with Gasteiger partial charge in [0.2, 0.25) is 5.91 Å². The Bertz CT molecular complexity index is 876. The molecule has 0 aliphatic heterocycles. The summed E-state index contributed by atoms with van der Waals surface area (Å²) in [5.41, 5.74) is 3.71. The average molecular weight is 360 g/mol. The molecule has 6 heteroatoms. The molecule has 0 atom stereocenters. The average Bonchev–Trinajstić information content (AvgIpc) is 2.95. The van der Waals surface area contributed by atoms with Crippen molar-refractivity contribution < 1.29 is 4.79 Å². The Morgan fingerprint density at radius 1 is 1.29 bits per heavy atom. The number of thioether (sulfide) groups is 1. The molecule has 2 N–H and O–H groups in total. The minimum Gasteiger partial charge on any atom is -0.333 e. The summed E-state index contributed by atoms with van der Waals surface area (Å²) in [5, 5.41) is 4.35. The molecule has 1 aromatic heterocycles. The highest BCUT2D eigenvalue weighted by Crippen LogP contribution is 2.25. The van der Waals surface area contributed by atoms with Crippen LogP contribution in [-0.2, 0) is 4.79 Å². The molecule has 1 amide bonds. The topological polar surface area (TPSA) is 57.8 Å². The van der Waals surface area contributed by atoms with Gasteiger partial charge in [-0.3, -0.25) is 4.79 Å². The van der Waals surface area contributed by atoms with Gasteiger partial charge in [0, 0.05) is 10.7 Å². The number of hydrogen-bond acceptors (Lipinski definition) is 3. The van der Waals surface area contributed by atoms with E-state index in [0.717, 1.165) is 22.3 Å². The lowest BCUT2D eigenvalue weighted by molar-refractivity contribution is -0.113. The van der Waals surface area contributed by atoms with Gasteiger partial charge in [0.25, 0.3) is 0 Å². The van der Waals surface area contributed by atoms with E-state index in [9.17, 15) is 4.79 Å². The first kappa shape index (κ1) is 16.9. The summed E-state index contributed by atoms with van der Waals surface area (Å²) in [4.78, 5) is 19.9. The maximum Gasteiger partial charge on any atom is 0.234 e. The summed E-state index contributed by atoms with van der Waals surface area (Å²) in [6, 6.07) is 13.4. The number of rotatable bonds is 5. The maximum atomic E-state index is 12.2. The Kier molecular flexibility index (Phi) is 5.11. The van der Waals surface area contributed by atoms with Crippen molar-refractivity contribution in [2.45, 2.75) is 24.9 Å². The highest BCUT2D eigenvalue weighted by molar-refractivity contribution is 7.99. The molecular weight excluding hydrogens is 342 g/mol. The number of nitrogens with zero attached hydrogens (tertiary/aromatic N) is 1. The van der Waals surface area contributed by atoms with E-state index in [1.807, 2.05) is 36.4 Å². The molecule has 124 valence electrons. The zero-order valence-electron chi connectivity index (χ0n) is 13.5. The van der Waals surface area contributed by atoms with Gasteiger partial charge in [0.1, 0.15) is 0 Å². The van der Waals surface area contributed by atoms with E-state index in [1.165, 1.54) is 11.8 Å². The molecule has 0 saturated heterocycles. The fourth-order valence-electron chi connectivity index (χ4n) is 2.46. The SMILES string of the molecule is CC(C)c1ccccc1NC(=O)CSc1nc2ccc(Cl)cc2[nH]1. The summed E-state index contributed by atoms with van der Waals surface area (Å²) in [7, 11) is 0. The van der Waals surface area contributed by atoms with Crippen molar-refractivity contribution in [3.05, 3.63) is 53.1 Å². The van der Waals surface area contributed by atoms with Gasteiger partial charge < -0.3 is 10.3 Å². The summed E-state index contributed by atoms with van der Waals surface area (Å²) < 4.78 is 0. The number of carbonyl (C=O) groups is 1. The molecule has 24 heavy (non-hydrogen) atoms. The Labute approximate surface area is 150 Å². The zero-order chi connectivity index (χ0) is 17.1. The monoisotopic (exact) mass is 359 g/mol. The van der Waals surface area contributed by atoms with Crippen LogP contribution in [-0.4, -0.2) is 21.6 Å². The third-order valence-corrected chi connectivity index (χ3v) is 4.73. The Hall–Kier alpha value is -1.98. The molecule has 1 heterocycles. The molecule has 0 aliphatic carbocycles. The third kappa shape index (κ3) is 3.91. The fourth-order valence-corrected chi connectivity index (χ4v) is 3.32. The van der Waals surface area contributed by atoms with E-state index in [-0.39, 0.29) is 5.91 Å². The first-order valence-electron chi connectivity index (χ1n) is 7.70. The second kappa shape index (κ2) is 7.28. The molecule has 0 unspecified atom stereocenters. The molecular formula is C18H18ClN3OS. The highest BCUT2D eigenvalue weighted by Gasteiger charge is 2.11. The lowest BCUT2D eigenvalue weighted by Gasteiger charge is -2.13. The smallest absolute Gasteiger partial charge is 0.234 e. The van der Waals surface area contributed by atoms with Crippen LogP contribution in [0, 0.1) is 0 Å². The first-order valence-corrected chi connectivity index (χ1v) is 9.06. The van der Waals surface area contributed by atoms with Crippen LogP contribution < -0.4 is 5.32 Å². The van der Waals surface area contributed by atoms with Crippen LogP contribution in [0.5, 0.6) is 0 Å². The zero-order valence-corrected chi connectivity index (χ0v) is 15.0. The number of benzene rings is 2. The third-order valence-electron chi connectivity index (χ3n) is 3.62. The molecule has 3 rings (SSSR count). The van der Waals surface area contributed by atoms with Gasteiger partial charge in [-0.1, -0.05) is 55.4 Å². The van der Waals surface area contributed by atoms with E-state index >= 15 is 0 Å². The van der Waals surface area contributed by atoms with Crippen LogP contribution in [0.1, 0.15) is 25.3 Å². The van der Waals surface area contributed by atoms with Crippen molar-refractivity contribution >= 4 is 46.0 Å². The van der Waals surface area contributed by atoms with Crippen molar-refractivity contribution in [2.24, 2.45) is 0 Å². The minimum atomic E-state index is -0.0495. The van der Waals surface area contributed by atoms with Gasteiger partial charge in [0.15, 0.2) is 5.16 Å². The number of carbonyl (C=O) groups excluding carboxylic acids is 1. The largest absolute Gasteiger partial charge is 0.333 e. The second-order valence-corrected chi connectivity index (χ2v) is 7.18. The van der Waals surface area contributed by atoms with Gasteiger partial charge in [-0.25, -0.2) is 4.98 Å². The molecule has 0 saturated carbocycles. The van der Waals surface area contributed by atoms with Crippen LogP contribution in [0.25, 0.3) is 11.0 Å². The van der Waals surface area contributed by atoms with E-state index in [0.29, 0.717) is 21.8 Å². The number of halogens is 1. The maximum absolute atomic E-state index is 12.2. The normalized spacial score (nSPS) is 11.2. The van der Waals surface area contributed by atoms with E-state index in [1.54, 1.807) is 6.07 Å². The number of aromatic amines is 1. The molecule has 3 aromatic rings. The number of aromatic nitrogens is 2. The van der Waals surface area contributed by atoms with Crippen molar-refractivity contribution in [1.82, 2.24) is 9.97 Å². The predicted octanol–water partition coefficient (Wildman–Crippen LogP) is 5.07. The van der Waals surface area contributed by atoms with Gasteiger partial charge in [-0.15, -0.1) is 0 Å². The Morgan fingerprint density at radius 2 is 2.08 bits per heavy atom. The number of amides is 1. The van der Waals surface area contributed by atoms with Crippen LogP contribution in [0.3, 0.4) is 0 Å². The number of para-hydroxylation sites is 1. The molecule has 0 spiro atoms. The highest BCUT2D eigenvalue weighted by atomic mass is 35.5. The van der Waals surface area contributed by atoms with Crippen LogP contribution in [0.15, 0.2) is 47.6 Å². The van der Waals surface area contributed by atoms with Crippen molar-refractivity contribution in [1.29, 1.82) is 0 Å². The van der Waals surface area contributed by atoms with Crippen LogP contribution >= 0.6 is 23.4 Å². The van der Waals surface area contributed by atoms with E-state index in [4.69, 9.17) is 11.6 Å². The first-order chi connectivity index (χ1) is 11.5. The van der Waals surface area contributed by atoms with Gasteiger partial charge in [-0.2, -0.15) is 0 Å². The second-order valence-electron chi connectivity index (χ2n) is 5.78. The lowest BCUT2D eigenvalue weighted by Crippen LogP contribution is -2.15. The summed E-state index contributed by atoms with van der Waals surface area (Å²) in [5.74, 6) is 0.598. The van der Waals surface area contributed by atoms with Crippen molar-refractivity contribution in [3.8, 4) is 0 Å². The van der Waals surface area contributed by atoms with Crippen LogP contribution in [0.4, 0.5) is 5.69 Å². The van der Waals surface area contributed by atoms with E-state index in [2.05, 4.69) is 29.1 Å². The number of fused-ring (bicyclic) bond motifs is 1. The Morgan fingerprint density at radius 3 is 2.88 bits per heavy atom. The number of imidazole rings is 1. The number of anilines is 1.